The van der Waals surface area contributed by atoms with Gasteiger partial charge in [0.1, 0.15) is 0 Å². The van der Waals surface area contributed by atoms with Gasteiger partial charge in [0.25, 0.3) is 11.7 Å². The second kappa shape index (κ2) is 8.96. The van der Waals surface area contributed by atoms with Gasteiger partial charge >= 0.3 is 0 Å². The van der Waals surface area contributed by atoms with E-state index in [1.165, 1.54) is 5.69 Å². The van der Waals surface area contributed by atoms with E-state index >= 15 is 0 Å². The molecule has 1 saturated heterocycles. The molecule has 7 nitrogen and oxygen atoms in total. The molecule has 1 aromatic heterocycles. The fourth-order valence-corrected chi connectivity index (χ4v) is 4.23. The van der Waals surface area contributed by atoms with Crippen LogP contribution in [0.5, 0.6) is 0 Å². The smallest absolute Gasteiger partial charge is 0.296 e. The Labute approximate surface area is 188 Å². The van der Waals surface area contributed by atoms with Crippen LogP contribution < -0.4 is 10.2 Å². The van der Waals surface area contributed by atoms with Crippen molar-refractivity contribution in [2.45, 2.75) is 20.8 Å². The number of likely N-dealkylation sites (N-methyl/N-ethyl adjacent to an activating group) is 1. The Balaban J connectivity index is 1.50. The molecule has 0 saturated carbocycles. The van der Waals surface area contributed by atoms with Crippen molar-refractivity contribution in [1.29, 1.82) is 0 Å². The number of ketones is 1. The first-order chi connectivity index (χ1) is 15.3. The normalized spacial score (nSPS) is 14.4. The molecule has 1 fully saturated rings. The topological polar surface area (TPSA) is 70.5 Å². The molecule has 0 atom stereocenters. The Morgan fingerprint density at radius 3 is 2.28 bits per heavy atom. The van der Waals surface area contributed by atoms with Crippen molar-refractivity contribution >= 4 is 23.1 Å². The zero-order valence-corrected chi connectivity index (χ0v) is 19.1. The molecule has 7 heteroatoms. The van der Waals surface area contributed by atoms with Crippen LogP contribution >= 0.6 is 0 Å². The van der Waals surface area contributed by atoms with E-state index in [0.717, 1.165) is 37.4 Å². The number of rotatable bonds is 5. The van der Waals surface area contributed by atoms with Crippen LogP contribution in [0.4, 0.5) is 11.4 Å². The number of aromatic nitrogens is 2. The minimum absolute atomic E-state index is 0.345. The van der Waals surface area contributed by atoms with E-state index in [9.17, 15) is 9.59 Å². The number of carbonyl (C=O) groups excluding carboxylic acids is 2. The summed E-state index contributed by atoms with van der Waals surface area (Å²) < 4.78 is 1.70. The number of hydrogen-bond donors (Lipinski definition) is 1. The molecule has 1 N–H and O–H groups in total. The van der Waals surface area contributed by atoms with E-state index in [4.69, 9.17) is 0 Å². The zero-order chi connectivity index (χ0) is 22.8. The predicted octanol–water partition coefficient (Wildman–Crippen LogP) is 3.37. The van der Waals surface area contributed by atoms with Gasteiger partial charge in [-0.2, -0.15) is 5.10 Å². The van der Waals surface area contributed by atoms with Crippen LogP contribution in [0.2, 0.25) is 0 Å². The Morgan fingerprint density at radius 2 is 1.62 bits per heavy atom. The molecule has 1 amide bonds. The predicted molar refractivity (Wildman–Crippen MR) is 127 cm³/mol. The number of Topliss-reactive ketones (excluding diaryl/α,β-unsaturated/α-hetero) is 1. The zero-order valence-electron chi connectivity index (χ0n) is 19.1. The molecule has 1 aliphatic rings. The molecule has 2 heterocycles. The molecule has 4 rings (SSSR count). The van der Waals surface area contributed by atoms with Crippen molar-refractivity contribution in [2.24, 2.45) is 0 Å². The summed E-state index contributed by atoms with van der Waals surface area (Å²) in [5.41, 5.74) is 5.23. The van der Waals surface area contributed by atoms with Crippen LogP contribution in [-0.2, 0) is 4.79 Å². The number of aryl methyl sites for hydroxylation is 2. The van der Waals surface area contributed by atoms with Gasteiger partial charge in [0.15, 0.2) is 0 Å². The fourth-order valence-electron chi connectivity index (χ4n) is 4.23. The van der Waals surface area contributed by atoms with Gasteiger partial charge in [-0.05, 0) is 63.7 Å². The molecule has 2 aromatic carbocycles. The highest BCUT2D eigenvalue weighted by Crippen LogP contribution is 2.25. The van der Waals surface area contributed by atoms with Crippen molar-refractivity contribution in [1.82, 2.24) is 14.7 Å². The summed E-state index contributed by atoms with van der Waals surface area (Å²) >= 11 is 0. The highest BCUT2D eigenvalue weighted by molar-refractivity contribution is 6.47. The minimum atomic E-state index is -0.657. The largest absolute Gasteiger partial charge is 0.369 e. The lowest BCUT2D eigenvalue weighted by Gasteiger charge is -2.35. The number of carbonyl (C=O) groups is 2. The number of nitrogens with one attached hydrogen (secondary N) is 1. The van der Waals surface area contributed by atoms with E-state index in [0.29, 0.717) is 22.6 Å². The third-order valence-corrected chi connectivity index (χ3v) is 6.02. The second-order valence-electron chi connectivity index (χ2n) is 8.37. The molecular weight excluding hydrogens is 402 g/mol. The average Bonchev–Trinajstić information content (AvgIpc) is 3.08. The Kier molecular flexibility index (Phi) is 6.10. The number of piperazine rings is 1. The molecular formula is C25H29N5O2. The Hall–Kier alpha value is -3.45. The van der Waals surface area contributed by atoms with Crippen molar-refractivity contribution in [3.8, 4) is 5.69 Å². The molecule has 166 valence electrons. The minimum Gasteiger partial charge on any atom is -0.369 e. The van der Waals surface area contributed by atoms with Crippen LogP contribution in [0.1, 0.15) is 27.3 Å². The quantitative estimate of drug-likeness (QED) is 0.495. The maximum atomic E-state index is 13.0. The number of nitrogens with zero attached hydrogens (tertiary/aromatic N) is 4. The maximum absolute atomic E-state index is 13.0. The van der Waals surface area contributed by atoms with Gasteiger partial charge < -0.3 is 15.1 Å². The third-order valence-electron chi connectivity index (χ3n) is 6.02. The lowest BCUT2D eigenvalue weighted by atomic mass is 10.1. The summed E-state index contributed by atoms with van der Waals surface area (Å²) in [6.45, 7) is 9.61. The standard InChI is InChI=1S/C25H29N5O2/c1-17-16-20(10-11-22(17)29-14-12-28(4)13-15-29)26-25(32)24(31)23-18(2)27-30(19(23)3)21-8-6-5-7-9-21/h5-11,16H,12-15H2,1-4H3,(H,26,32). The van der Waals surface area contributed by atoms with Crippen LogP contribution in [0.3, 0.4) is 0 Å². The van der Waals surface area contributed by atoms with Crippen molar-refractivity contribution in [3.05, 3.63) is 71.0 Å². The van der Waals surface area contributed by atoms with Crippen molar-refractivity contribution in [3.63, 3.8) is 0 Å². The number of hydrogen-bond acceptors (Lipinski definition) is 5. The molecule has 0 aliphatic carbocycles. The first-order valence-corrected chi connectivity index (χ1v) is 10.9. The number of amides is 1. The van der Waals surface area contributed by atoms with Crippen molar-refractivity contribution < 1.29 is 9.59 Å². The first kappa shape index (κ1) is 21.8. The fraction of sp³-hybridized carbons (Fsp3) is 0.320. The highest BCUT2D eigenvalue weighted by Gasteiger charge is 2.25. The summed E-state index contributed by atoms with van der Waals surface area (Å²) in [7, 11) is 2.13. The molecule has 3 aromatic rings. The van der Waals surface area contributed by atoms with Gasteiger partial charge in [-0.25, -0.2) is 4.68 Å². The molecule has 32 heavy (non-hydrogen) atoms. The van der Waals surface area contributed by atoms with Gasteiger partial charge in [0.2, 0.25) is 0 Å². The first-order valence-electron chi connectivity index (χ1n) is 10.9. The lowest BCUT2D eigenvalue weighted by molar-refractivity contribution is -0.112. The second-order valence-corrected chi connectivity index (χ2v) is 8.37. The number of para-hydroxylation sites is 1. The summed E-state index contributed by atoms with van der Waals surface area (Å²) in [5.74, 6) is -1.24. The molecule has 0 unspecified atom stereocenters. The van der Waals surface area contributed by atoms with E-state index in [-0.39, 0.29) is 0 Å². The summed E-state index contributed by atoms with van der Waals surface area (Å²) in [5, 5.41) is 7.25. The van der Waals surface area contributed by atoms with E-state index < -0.39 is 11.7 Å². The summed E-state index contributed by atoms with van der Waals surface area (Å²) in [6, 6.07) is 15.4. The molecule has 1 aliphatic heterocycles. The SMILES string of the molecule is Cc1cc(NC(=O)C(=O)c2c(C)nn(-c3ccccc3)c2C)ccc1N1CCN(C)CC1. The third kappa shape index (κ3) is 4.29. The van der Waals surface area contributed by atoms with Crippen LogP contribution in [0.15, 0.2) is 48.5 Å². The average molecular weight is 432 g/mol. The van der Waals surface area contributed by atoms with Crippen molar-refractivity contribution in [2.75, 3.05) is 43.4 Å². The molecule has 0 spiro atoms. The van der Waals surface area contributed by atoms with Gasteiger partial charge in [0.05, 0.1) is 22.6 Å². The molecule has 0 bridgehead atoms. The van der Waals surface area contributed by atoms with E-state index in [1.807, 2.05) is 62.4 Å². The number of benzene rings is 2. The van der Waals surface area contributed by atoms with Gasteiger partial charge in [-0.15, -0.1) is 0 Å². The summed E-state index contributed by atoms with van der Waals surface area (Å²) in [4.78, 5) is 30.4. The monoisotopic (exact) mass is 431 g/mol. The number of anilines is 2. The highest BCUT2D eigenvalue weighted by atomic mass is 16.2. The van der Waals surface area contributed by atoms with E-state index in [2.05, 4.69) is 27.3 Å². The van der Waals surface area contributed by atoms with Gasteiger partial charge in [-0.1, -0.05) is 18.2 Å². The summed E-state index contributed by atoms with van der Waals surface area (Å²) in [6.07, 6.45) is 0. The van der Waals surface area contributed by atoms with Gasteiger partial charge in [0, 0.05) is 37.6 Å². The Morgan fingerprint density at radius 1 is 0.938 bits per heavy atom. The molecule has 0 radical (unpaired) electrons. The van der Waals surface area contributed by atoms with Gasteiger partial charge in [-0.3, -0.25) is 9.59 Å². The lowest BCUT2D eigenvalue weighted by Crippen LogP contribution is -2.44. The van der Waals surface area contributed by atoms with Crippen LogP contribution in [-0.4, -0.2) is 59.6 Å². The van der Waals surface area contributed by atoms with E-state index in [1.54, 1.807) is 11.6 Å². The maximum Gasteiger partial charge on any atom is 0.296 e. The Bertz CT molecular complexity index is 1140. The van der Waals surface area contributed by atoms with Crippen LogP contribution in [0.25, 0.3) is 5.69 Å². The van der Waals surface area contributed by atoms with Crippen LogP contribution in [0, 0.1) is 20.8 Å².